The maximum atomic E-state index is 12.6. The molecule has 0 radical (unpaired) electrons. The normalized spacial score (nSPS) is 27.8. The third-order valence-corrected chi connectivity index (χ3v) is 4.22. The van der Waals surface area contributed by atoms with E-state index in [4.69, 9.17) is 0 Å². The number of nitrogens with zero attached hydrogens (tertiary/aromatic N) is 2. The third kappa shape index (κ3) is 2.35. The molecule has 0 aliphatic carbocycles. The number of fused-ring (bicyclic) bond motifs is 1. The van der Waals surface area contributed by atoms with E-state index in [1.807, 2.05) is 0 Å². The van der Waals surface area contributed by atoms with Gasteiger partial charge in [0.1, 0.15) is 5.92 Å². The molecule has 0 spiro atoms. The van der Waals surface area contributed by atoms with E-state index < -0.39 is 17.5 Å². The van der Waals surface area contributed by atoms with Gasteiger partial charge in [0.15, 0.2) is 0 Å². The number of carbonyl (C=O) groups excluding carboxylic acids is 1. The van der Waals surface area contributed by atoms with Gasteiger partial charge < -0.3 is 15.1 Å². The first kappa shape index (κ1) is 13.9. The minimum absolute atomic E-state index is 0.145. The lowest BCUT2D eigenvalue weighted by Crippen LogP contribution is -2.43. The van der Waals surface area contributed by atoms with Crippen LogP contribution in [0.5, 0.6) is 0 Å². The number of aliphatic carboxylic acids is 1. The average Bonchev–Trinajstić information content (AvgIpc) is 2.98. The molecule has 2 unspecified atom stereocenters. The minimum Gasteiger partial charge on any atom is -0.481 e. The molecule has 1 fully saturated rings. The fraction of sp³-hybridized carbons (Fsp3) is 0.467. The molecule has 0 bridgehead atoms. The van der Waals surface area contributed by atoms with Gasteiger partial charge in [0.05, 0.1) is 12.1 Å². The van der Waals surface area contributed by atoms with Crippen LogP contribution in [0.4, 0.5) is 10.5 Å². The number of rotatable bonds is 1. The molecule has 1 saturated heterocycles. The van der Waals surface area contributed by atoms with Crippen LogP contribution in [0.3, 0.4) is 0 Å². The van der Waals surface area contributed by atoms with E-state index in [2.05, 4.69) is 0 Å². The Bertz CT molecular complexity index is 599. The van der Waals surface area contributed by atoms with Gasteiger partial charge in [0.25, 0.3) is 0 Å². The van der Waals surface area contributed by atoms with Gasteiger partial charge in [-0.2, -0.15) is 0 Å². The highest BCUT2D eigenvalue weighted by molar-refractivity contribution is 5.98. The minimum atomic E-state index is -0.925. The lowest BCUT2D eigenvalue weighted by atomic mass is 10.0. The smallest absolute Gasteiger partial charge is 0.324 e. The van der Waals surface area contributed by atoms with Crippen LogP contribution in [-0.4, -0.2) is 52.3 Å². The number of para-hydroxylation sites is 1. The van der Waals surface area contributed by atoms with Crippen molar-refractivity contribution in [3.63, 3.8) is 0 Å². The van der Waals surface area contributed by atoms with Crippen LogP contribution in [0.15, 0.2) is 24.3 Å². The topological polar surface area (TPSA) is 81.1 Å². The SMILES string of the molecule is CC1(O)CCN(C(=O)N2CC(C(=O)O)c3ccccc32)C1. The molecular formula is C15H18N2O4. The molecule has 2 aliphatic rings. The molecule has 6 nitrogen and oxygen atoms in total. The van der Waals surface area contributed by atoms with E-state index in [0.717, 1.165) is 0 Å². The molecule has 3 rings (SSSR count). The second-order valence-electron chi connectivity index (χ2n) is 6.01. The largest absolute Gasteiger partial charge is 0.481 e. The summed E-state index contributed by atoms with van der Waals surface area (Å²) < 4.78 is 0. The molecule has 21 heavy (non-hydrogen) atoms. The predicted molar refractivity (Wildman–Crippen MR) is 76.4 cm³/mol. The number of carbonyl (C=O) groups is 2. The highest BCUT2D eigenvalue weighted by Gasteiger charge is 2.41. The molecular weight excluding hydrogens is 272 g/mol. The maximum absolute atomic E-state index is 12.6. The van der Waals surface area contributed by atoms with Crippen LogP contribution in [-0.2, 0) is 4.79 Å². The van der Waals surface area contributed by atoms with E-state index in [-0.39, 0.29) is 19.1 Å². The molecule has 1 aromatic rings. The van der Waals surface area contributed by atoms with Crippen LogP contribution in [0, 0.1) is 0 Å². The van der Waals surface area contributed by atoms with E-state index in [0.29, 0.717) is 24.2 Å². The number of hydrogen-bond acceptors (Lipinski definition) is 3. The number of β-amino-alcohol motifs (C(OH)–C–C–N with tert-alkyl or cyclic N) is 1. The molecule has 2 atom stereocenters. The molecule has 1 aromatic carbocycles. The van der Waals surface area contributed by atoms with Crippen LogP contribution in [0.25, 0.3) is 0 Å². The second kappa shape index (κ2) is 4.73. The van der Waals surface area contributed by atoms with Crippen molar-refractivity contribution in [3.05, 3.63) is 29.8 Å². The molecule has 2 aliphatic heterocycles. The van der Waals surface area contributed by atoms with Gasteiger partial charge in [-0.3, -0.25) is 9.69 Å². The number of carboxylic acid groups (broad SMARTS) is 1. The Morgan fingerprint density at radius 1 is 1.33 bits per heavy atom. The summed E-state index contributed by atoms with van der Waals surface area (Å²) in [4.78, 5) is 27.1. The lowest BCUT2D eigenvalue weighted by Gasteiger charge is -2.25. The number of likely N-dealkylation sites (tertiary alicyclic amines) is 1. The number of carboxylic acids is 1. The van der Waals surface area contributed by atoms with Crippen molar-refractivity contribution in [2.45, 2.75) is 24.9 Å². The fourth-order valence-corrected chi connectivity index (χ4v) is 3.08. The van der Waals surface area contributed by atoms with Crippen molar-refractivity contribution >= 4 is 17.7 Å². The Labute approximate surface area is 122 Å². The Balaban J connectivity index is 1.87. The highest BCUT2D eigenvalue weighted by atomic mass is 16.4. The van der Waals surface area contributed by atoms with Crippen molar-refractivity contribution in [3.8, 4) is 0 Å². The van der Waals surface area contributed by atoms with Crippen LogP contribution in [0.2, 0.25) is 0 Å². The Hall–Kier alpha value is -2.08. The van der Waals surface area contributed by atoms with E-state index in [9.17, 15) is 19.8 Å². The van der Waals surface area contributed by atoms with Gasteiger partial charge >= 0.3 is 12.0 Å². The average molecular weight is 290 g/mol. The van der Waals surface area contributed by atoms with Gasteiger partial charge in [-0.25, -0.2) is 4.79 Å². The van der Waals surface area contributed by atoms with Crippen molar-refractivity contribution < 1.29 is 19.8 Å². The number of anilines is 1. The van der Waals surface area contributed by atoms with E-state index in [1.54, 1.807) is 36.1 Å². The van der Waals surface area contributed by atoms with Crippen molar-refractivity contribution in [1.29, 1.82) is 0 Å². The number of hydrogen-bond donors (Lipinski definition) is 2. The highest BCUT2D eigenvalue weighted by Crippen LogP contribution is 2.37. The Kier molecular flexibility index (Phi) is 3.13. The second-order valence-corrected chi connectivity index (χ2v) is 6.01. The summed E-state index contributed by atoms with van der Waals surface area (Å²) in [7, 11) is 0. The fourth-order valence-electron chi connectivity index (χ4n) is 3.08. The van der Waals surface area contributed by atoms with Gasteiger partial charge in [-0.05, 0) is 25.0 Å². The molecule has 2 N–H and O–H groups in total. The summed E-state index contributed by atoms with van der Waals surface area (Å²) in [5.41, 5.74) is 0.465. The van der Waals surface area contributed by atoms with E-state index >= 15 is 0 Å². The summed E-state index contributed by atoms with van der Waals surface area (Å²) in [6, 6.07) is 6.86. The molecule has 0 aromatic heterocycles. The molecule has 112 valence electrons. The monoisotopic (exact) mass is 290 g/mol. The van der Waals surface area contributed by atoms with Crippen molar-refractivity contribution in [1.82, 2.24) is 4.90 Å². The standard InChI is InChI=1S/C15H18N2O4/c1-15(21)6-7-16(9-15)14(20)17-8-11(13(18)19)10-4-2-3-5-12(10)17/h2-5,11,21H,6-9H2,1H3,(H,18,19). The summed E-state index contributed by atoms with van der Waals surface area (Å²) in [5, 5.41) is 19.3. The predicted octanol–water partition coefficient (Wildman–Crippen LogP) is 1.25. The molecule has 2 heterocycles. The third-order valence-electron chi connectivity index (χ3n) is 4.22. The number of urea groups is 1. The Morgan fingerprint density at radius 3 is 2.67 bits per heavy atom. The zero-order valence-corrected chi connectivity index (χ0v) is 11.8. The number of benzene rings is 1. The summed E-state index contributed by atoms with van der Waals surface area (Å²) in [5.74, 6) is -1.61. The maximum Gasteiger partial charge on any atom is 0.324 e. The van der Waals surface area contributed by atoms with Gasteiger partial charge in [0, 0.05) is 18.8 Å². The summed E-state index contributed by atoms with van der Waals surface area (Å²) in [6.07, 6.45) is 0.538. The molecule has 6 heteroatoms. The van der Waals surface area contributed by atoms with Gasteiger partial charge in [-0.1, -0.05) is 18.2 Å². The lowest BCUT2D eigenvalue weighted by molar-refractivity contribution is -0.138. The van der Waals surface area contributed by atoms with Crippen molar-refractivity contribution in [2.24, 2.45) is 0 Å². The summed E-state index contributed by atoms with van der Waals surface area (Å²) >= 11 is 0. The van der Waals surface area contributed by atoms with Gasteiger partial charge in [-0.15, -0.1) is 0 Å². The Morgan fingerprint density at radius 2 is 2.05 bits per heavy atom. The van der Waals surface area contributed by atoms with E-state index in [1.165, 1.54) is 4.90 Å². The van der Waals surface area contributed by atoms with Crippen LogP contribution >= 0.6 is 0 Å². The van der Waals surface area contributed by atoms with Crippen LogP contribution < -0.4 is 4.90 Å². The van der Waals surface area contributed by atoms with Gasteiger partial charge in [0.2, 0.25) is 0 Å². The number of amides is 2. The number of aliphatic hydroxyl groups is 1. The first-order valence-corrected chi connectivity index (χ1v) is 7.00. The molecule has 2 amide bonds. The zero-order chi connectivity index (χ0) is 15.2. The quantitative estimate of drug-likeness (QED) is 0.815. The van der Waals surface area contributed by atoms with Crippen molar-refractivity contribution in [2.75, 3.05) is 24.5 Å². The van der Waals surface area contributed by atoms with Crippen LogP contribution in [0.1, 0.15) is 24.8 Å². The molecule has 0 saturated carbocycles. The zero-order valence-electron chi connectivity index (χ0n) is 11.8. The summed E-state index contributed by atoms with van der Waals surface area (Å²) in [6.45, 7) is 2.62. The first-order valence-electron chi connectivity index (χ1n) is 7.00. The first-order chi connectivity index (χ1) is 9.89.